The normalized spacial score (nSPS) is 10.2. The Morgan fingerprint density at radius 3 is 2.53 bits per heavy atom. The third-order valence-electron chi connectivity index (χ3n) is 2.14. The van der Waals surface area contributed by atoms with Crippen LogP contribution in [0, 0.1) is 11.3 Å². The maximum atomic E-state index is 11.7. The number of anilines is 1. The molecule has 0 saturated carbocycles. The maximum absolute atomic E-state index is 11.7. The predicted molar refractivity (Wildman–Crippen MR) is 74.2 cm³/mol. The quantitative estimate of drug-likeness (QED) is 0.875. The van der Waals surface area contributed by atoms with E-state index in [1.54, 1.807) is 18.2 Å². The topological polar surface area (TPSA) is 74.2 Å². The van der Waals surface area contributed by atoms with Crippen LogP contribution in [-0.2, 0) is 0 Å². The Balaban J connectivity index is 2.94. The summed E-state index contributed by atoms with van der Waals surface area (Å²) in [5.41, 5.74) is 0.960. The highest BCUT2D eigenvalue weighted by Crippen LogP contribution is 2.26. The van der Waals surface area contributed by atoms with Gasteiger partial charge in [0.1, 0.15) is 5.75 Å². The van der Waals surface area contributed by atoms with Gasteiger partial charge in [-0.3, -0.25) is 0 Å². The number of ether oxygens (including phenoxy) is 1. The van der Waals surface area contributed by atoms with E-state index in [1.807, 2.05) is 33.8 Å². The van der Waals surface area contributed by atoms with Crippen LogP contribution in [0.5, 0.6) is 5.75 Å². The van der Waals surface area contributed by atoms with Gasteiger partial charge >= 0.3 is 6.03 Å². The van der Waals surface area contributed by atoms with Crippen molar-refractivity contribution in [3.05, 3.63) is 23.8 Å². The number of hydrogen-bond donors (Lipinski definition) is 2. The molecule has 0 radical (unpaired) electrons. The van der Waals surface area contributed by atoms with Crippen LogP contribution in [0.3, 0.4) is 0 Å². The fourth-order valence-corrected chi connectivity index (χ4v) is 1.47. The summed E-state index contributed by atoms with van der Waals surface area (Å²) in [5.74, 6) is 0.549. The van der Waals surface area contributed by atoms with E-state index >= 15 is 0 Å². The molecule has 0 aliphatic carbocycles. The van der Waals surface area contributed by atoms with Crippen molar-refractivity contribution in [3.8, 4) is 11.8 Å². The molecule has 0 aromatic heterocycles. The summed E-state index contributed by atoms with van der Waals surface area (Å²) in [6.07, 6.45) is -0.0124. The molecule has 0 aliphatic heterocycles. The van der Waals surface area contributed by atoms with Crippen LogP contribution in [-0.4, -0.2) is 18.2 Å². The zero-order chi connectivity index (χ0) is 14.4. The van der Waals surface area contributed by atoms with Crippen molar-refractivity contribution in [1.82, 2.24) is 5.32 Å². The molecule has 2 amide bonds. The first-order chi connectivity index (χ1) is 8.92. The van der Waals surface area contributed by atoms with Gasteiger partial charge in [0.2, 0.25) is 0 Å². The van der Waals surface area contributed by atoms with E-state index in [-0.39, 0.29) is 18.2 Å². The van der Waals surface area contributed by atoms with Crippen LogP contribution in [0.4, 0.5) is 10.5 Å². The Morgan fingerprint density at radius 2 is 2.00 bits per heavy atom. The minimum atomic E-state index is -0.321. The van der Waals surface area contributed by atoms with Crippen molar-refractivity contribution in [3.63, 3.8) is 0 Å². The predicted octanol–water partition coefficient (Wildman–Crippen LogP) is 2.88. The van der Waals surface area contributed by atoms with E-state index in [0.29, 0.717) is 17.0 Å². The average Bonchev–Trinajstić information content (AvgIpc) is 2.29. The first kappa shape index (κ1) is 14.8. The van der Waals surface area contributed by atoms with Gasteiger partial charge in [-0.25, -0.2) is 4.79 Å². The van der Waals surface area contributed by atoms with Gasteiger partial charge in [-0.1, -0.05) is 0 Å². The van der Waals surface area contributed by atoms with E-state index in [1.165, 1.54) is 0 Å². The highest BCUT2D eigenvalue weighted by atomic mass is 16.5. The van der Waals surface area contributed by atoms with Gasteiger partial charge in [-0.15, -0.1) is 0 Å². The summed E-state index contributed by atoms with van der Waals surface area (Å²) < 4.78 is 5.60. The SMILES string of the molecule is CC(C)NC(=O)Nc1cc(C#N)ccc1OC(C)C. The molecule has 0 fully saturated rings. The Morgan fingerprint density at radius 1 is 1.32 bits per heavy atom. The number of carbonyl (C=O) groups is 1. The Bertz CT molecular complexity index is 490. The number of urea groups is 1. The minimum absolute atomic E-state index is 0.0124. The lowest BCUT2D eigenvalue weighted by Crippen LogP contribution is -2.34. The highest BCUT2D eigenvalue weighted by Gasteiger charge is 2.11. The zero-order valence-corrected chi connectivity index (χ0v) is 11.7. The standard InChI is InChI=1S/C14H19N3O2/c1-9(2)16-14(18)17-12-7-11(8-15)5-6-13(12)19-10(3)4/h5-7,9-10H,1-4H3,(H2,16,17,18). The summed E-state index contributed by atoms with van der Waals surface area (Å²) >= 11 is 0. The number of nitrogens with one attached hydrogen (secondary N) is 2. The molecule has 2 N–H and O–H groups in total. The van der Waals surface area contributed by atoms with Gasteiger partial charge in [0.05, 0.1) is 23.4 Å². The first-order valence-electron chi connectivity index (χ1n) is 6.20. The van der Waals surface area contributed by atoms with Gasteiger partial charge < -0.3 is 15.4 Å². The van der Waals surface area contributed by atoms with Crippen LogP contribution >= 0.6 is 0 Å². The number of hydrogen-bond acceptors (Lipinski definition) is 3. The molecule has 0 bridgehead atoms. The van der Waals surface area contributed by atoms with Crippen molar-refractivity contribution in [2.45, 2.75) is 39.8 Å². The molecule has 102 valence electrons. The van der Waals surface area contributed by atoms with Gasteiger partial charge in [0, 0.05) is 6.04 Å². The number of rotatable bonds is 4. The van der Waals surface area contributed by atoms with E-state index in [0.717, 1.165) is 0 Å². The van der Waals surface area contributed by atoms with Crippen molar-refractivity contribution in [2.75, 3.05) is 5.32 Å². The summed E-state index contributed by atoms with van der Waals surface area (Å²) in [6, 6.07) is 6.68. The molecule has 0 saturated heterocycles. The van der Waals surface area contributed by atoms with Crippen LogP contribution in [0.1, 0.15) is 33.3 Å². The first-order valence-corrected chi connectivity index (χ1v) is 6.20. The van der Waals surface area contributed by atoms with Crippen molar-refractivity contribution in [2.24, 2.45) is 0 Å². The zero-order valence-electron chi connectivity index (χ0n) is 11.7. The summed E-state index contributed by atoms with van der Waals surface area (Å²) in [5, 5.41) is 14.3. The number of carbonyl (C=O) groups excluding carboxylic acids is 1. The van der Waals surface area contributed by atoms with E-state index in [2.05, 4.69) is 10.6 Å². The second-order valence-corrected chi connectivity index (χ2v) is 4.74. The molecule has 1 rings (SSSR count). The van der Waals surface area contributed by atoms with Gasteiger partial charge in [0.15, 0.2) is 0 Å². The van der Waals surface area contributed by atoms with E-state index < -0.39 is 0 Å². The summed E-state index contributed by atoms with van der Waals surface area (Å²) in [4.78, 5) is 11.7. The minimum Gasteiger partial charge on any atom is -0.489 e. The molecule has 5 nitrogen and oxygen atoms in total. The van der Waals surface area contributed by atoms with Gasteiger partial charge in [-0.05, 0) is 45.9 Å². The summed E-state index contributed by atoms with van der Waals surface area (Å²) in [6.45, 7) is 7.54. The molecule has 0 unspecified atom stereocenters. The molecular weight excluding hydrogens is 242 g/mol. The maximum Gasteiger partial charge on any atom is 0.319 e. The largest absolute Gasteiger partial charge is 0.489 e. The summed E-state index contributed by atoms with van der Waals surface area (Å²) in [7, 11) is 0. The molecule has 0 atom stereocenters. The Kier molecular flexibility index (Phi) is 5.19. The molecule has 0 spiro atoms. The third-order valence-corrected chi connectivity index (χ3v) is 2.14. The van der Waals surface area contributed by atoms with Crippen LogP contribution < -0.4 is 15.4 Å². The lowest BCUT2D eigenvalue weighted by molar-refractivity contribution is 0.241. The van der Waals surface area contributed by atoms with Crippen molar-refractivity contribution >= 4 is 11.7 Å². The second-order valence-electron chi connectivity index (χ2n) is 4.74. The van der Waals surface area contributed by atoms with Crippen molar-refractivity contribution in [1.29, 1.82) is 5.26 Å². The smallest absolute Gasteiger partial charge is 0.319 e. The Hall–Kier alpha value is -2.22. The third kappa shape index (κ3) is 4.88. The monoisotopic (exact) mass is 261 g/mol. The highest BCUT2D eigenvalue weighted by molar-refractivity contribution is 5.91. The fraction of sp³-hybridized carbons (Fsp3) is 0.429. The molecular formula is C14H19N3O2. The molecule has 0 aliphatic rings. The lowest BCUT2D eigenvalue weighted by Gasteiger charge is -2.16. The number of amides is 2. The fourth-order valence-electron chi connectivity index (χ4n) is 1.47. The van der Waals surface area contributed by atoms with Crippen molar-refractivity contribution < 1.29 is 9.53 Å². The lowest BCUT2D eigenvalue weighted by atomic mass is 10.2. The number of nitriles is 1. The number of benzene rings is 1. The molecule has 1 aromatic rings. The second kappa shape index (κ2) is 6.64. The van der Waals surface area contributed by atoms with E-state index in [4.69, 9.17) is 10.00 Å². The van der Waals surface area contributed by atoms with Gasteiger partial charge in [-0.2, -0.15) is 5.26 Å². The van der Waals surface area contributed by atoms with Crippen LogP contribution in [0.25, 0.3) is 0 Å². The molecule has 19 heavy (non-hydrogen) atoms. The molecule has 5 heteroatoms. The number of nitrogens with zero attached hydrogens (tertiary/aromatic N) is 1. The molecule has 0 heterocycles. The van der Waals surface area contributed by atoms with E-state index in [9.17, 15) is 4.79 Å². The van der Waals surface area contributed by atoms with Crippen LogP contribution in [0.15, 0.2) is 18.2 Å². The van der Waals surface area contributed by atoms with Gasteiger partial charge in [0.25, 0.3) is 0 Å². The molecule has 1 aromatic carbocycles. The Labute approximate surface area is 113 Å². The average molecular weight is 261 g/mol. The van der Waals surface area contributed by atoms with Crippen LogP contribution in [0.2, 0.25) is 0 Å².